The first-order valence-corrected chi connectivity index (χ1v) is 14.3. The molecule has 214 valence electrons. The summed E-state index contributed by atoms with van der Waals surface area (Å²) in [5.41, 5.74) is -3.24. The van der Waals surface area contributed by atoms with Crippen LogP contribution in [0, 0.1) is 10.8 Å². The number of carboxylic acid groups (broad SMARTS) is 1. The summed E-state index contributed by atoms with van der Waals surface area (Å²) in [6, 6.07) is 11.4. The zero-order valence-corrected chi connectivity index (χ0v) is 23.0. The van der Waals surface area contributed by atoms with Crippen LogP contribution >= 0.6 is 11.6 Å². The first-order valence-electron chi connectivity index (χ1n) is 13.9. The van der Waals surface area contributed by atoms with E-state index in [0.717, 1.165) is 11.1 Å². The minimum Gasteiger partial charge on any atom is -0.481 e. The van der Waals surface area contributed by atoms with Crippen LogP contribution in [0.15, 0.2) is 42.5 Å². The first kappa shape index (κ1) is 27.6. The maximum atomic E-state index is 15.0. The Hall–Kier alpha value is -2.61. The molecule has 9 heteroatoms. The molecule has 0 radical (unpaired) electrons. The summed E-state index contributed by atoms with van der Waals surface area (Å²) < 4.78 is 55.6. The van der Waals surface area contributed by atoms with E-state index < -0.39 is 39.6 Å². The number of hydrogen-bond acceptors (Lipinski definition) is 2. The second-order valence-electron chi connectivity index (χ2n) is 12.7. The zero-order valence-electron chi connectivity index (χ0n) is 22.3. The molecule has 2 bridgehead atoms. The van der Waals surface area contributed by atoms with Gasteiger partial charge in [-0.3, -0.25) is 9.59 Å². The quantitative estimate of drug-likeness (QED) is 0.384. The van der Waals surface area contributed by atoms with Crippen molar-refractivity contribution in [3.8, 4) is 0 Å². The fraction of sp³-hybridized carbons (Fsp3) is 0.548. The molecule has 3 saturated carbocycles. The Balaban J connectivity index is 1.36. The smallest absolute Gasteiger partial charge is 0.426 e. The third kappa shape index (κ3) is 3.92. The molecule has 1 N–H and O–H groups in total. The lowest BCUT2D eigenvalue weighted by atomic mass is 9.53. The summed E-state index contributed by atoms with van der Waals surface area (Å²) in [5, 5.41) is 10.4. The highest BCUT2D eigenvalue weighted by Crippen LogP contribution is 2.60. The minimum atomic E-state index is -5.05. The number of fused-ring (bicyclic) bond motifs is 6. The molecule has 1 saturated heterocycles. The molecule has 4 fully saturated rings. The Morgan fingerprint density at radius 1 is 0.950 bits per heavy atom. The lowest BCUT2D eigenvalue weighted by Crippen LogP contribution is -2.55. The van der Waals surface area contributed by atoms with Crippen LogP contribution < -0.4 is 0 Å². The number of rotatable bonds is 5. The van der Waals surface area contributed by atoms with E-state index in [9.17, 15) is 32.3 Å². The fourth-order valence-electron chi connectivity index (χ4n) is 8.12. The van der Waals surface area contributed by atoms with Crippen LogP contribution in [-0.2, 0) is 33.5 Å². The van der Waals surface area contributed by atoms with Gasteiger partial charge in [0.1, 0.15) is 0 Å². The average Bonchev–Trinajstić information content (AvgIpc) is 3.42. The predicted molar refractivity (Wildman–Crippen MR) is 142 cm³/mol. The highest BCUT2D eigenvalue weighted by atomic mass is 35.5. The van der Waals surface area contributed by atoms with Crippen molar-refractivity contribution in [1.29, 1.82) is 0 Å². The average molecular weight is 578 g/mol. The Morgan fingerprint density at radius 3 is 2.12 bits per heavy atom. The van der Waals surface area contributed by atoms with E-state index in [1.54, 1.807) is 18.2 Å². The number of nitrogens with zero attached hydrogens (tertiary/aromatic N) is 1. The van der Waals surface area contributed by atoms with Gasteiger partial charge in [0.2, 0.25) is 11.6 Å². The van der Waals surface area contributed by atoms with Crippen molar-refractivity contribution < 1.29 is 32.3 Å². The monoisotopic (exact) mass is 577 g/mol. The number of carbonyl (C=O) groups excluding carboxylic acids is 1. The van der Waals surface area contributed by atoms with E-state index in [2.05, 4.69) is 0 Å². The molecule has 3 atom stereocenters. The third-order valence-electron chi connectivity index (χ3n) is 10.8. The number of hydrogen-bond donors (Lipinski definition) is 1. The lowest BCUT2D eigenvalue weighted by Gasteiger charge is -2.52. The molecular formula is C31H32ClF4NO3. The molecule has 2 aromatic rings. The van der Waals surface area contributed by atoms with E-state index in [4.69, 9.17) is 11.6 Å². The lowest BCUT2D eigenvalue weighted by molar-refractivity contribution is -0.228. The first-order chi connectivity index (χ1) is 18.7. The summed E-state index contributed by atoms with van der Waals surface area (Å²) in [5.74, 6) is -0.745. The van der Waals surface area contributed by atoms with Gasteiger partial charge in [0.25, 0.3) is 0 Å². The van der Waals surface area contributed by atoms with Gasteiger partial charge in [-0.25, -0.2) is 4.39 Å². The van der Waals surface area contributed by atoms with Gasteiger partial charge in [-0.05, 0) is 99.1 Å². The van der Waals surface area contributed by atoms with Crippen molar-refractivity contribution >= 4 is 23.5 Å². The van der Waals surface area contributed by atoms with Crippen molar-refractivity contribution in [3.05, 3.63) is 69.7 Å². The van der Waals surface area contributed by atoms with Gasteiger partial charge in [-0.2, -0.15) is 13.2 Å². The van der Waals surface area contributed by atoms with Crippen LogP contribution in [-0.4, -0.2) is 40.6 Å². The summed E-state index contributed by atoms with van der Waals surface area (Å²) in [4.78, 5) is 28.2. The summed E-state index contributed by atoms with van der Waals surface area (Å²) in [6.45, 7) is 1.07. The van der Waals surface area contributed by atoms with E-state index in [1.165, 1.54) is 12.1 Å². The highest BCUT2D eigenvalue weighted by molar-refractivity contribution is 6.30. The molecule has 7 rings (SSSR count). The molecule has 5 aliphatic rings. The molecule has 0 spiro atoms. The van der Waals surface area contributed by atoms with Crippen molar-refractivity contribution in [2.45, 2.75) is 88.0 Å². The van der Waals surface area contributed by atoms with E-state index in [1.807, 2.05) is 17.0 Å². The molecule has 3 unspecified atom stereocenters. The number of alkyl halides is 4. The van der Waals surface area contributed by atoms with Crippen molar-refractivity contribution in [1.82, 2.24) is 4.90 Å². The summed E-state index contributed by atoms with van der Waals surface area (Å²) in [6.07, 6.45) is -0.421. The SMILES string of the molecule is CC(F)(c1ccc2c(c1)CC1N(C(=O)C34CCC(C(=O)O)(CC3)CC4)CCC21Cc1ccc(Cl)cc1)C(F)(F)F. The topological polar surface area (TPSA) is 57.6 Å². The van der Waals surface area contributed by atoms with Crippen LogP contribution in [0.1, 0.15) is 74.1 Å². The Bertz CT molecular complexity index is 1350. The number of carboxylic acids is 1. The van der Waals surface area contributed by atoms with Gasteiger partial charge in [-0.15, -0.1) is 0 Å². The highest BCUT2D eigenvalue weighted by Gasteiger charge is 2.61. The number of amides is 1. The van der Waals surface area contributed by atoms with Gasteiger partial charge in [-0.1, -0.05) is 41.9 Å². The van der Waals surface area contributed by atoms with E-state index in [0.29, 0.717) is 81.8 Å². The largest absolute Gasteiger partial charge is 0.481 e. The zero-order chi connectivity index (χ0) is 28.7. The van der Waals surface area contributed by atoms with Gasteiger partial charge >= 0.3 is 12.1 Å². The standard InChI is InChI=1S/C31H32ClF4NO3/c1-27(33,31(34,35)36)21-4-7-23-20(16-21)17-24-30(23,18-19-2-5-22(32)6-3-19)14-15-37(24)25(38)28-8-11-29(12-9-28,13-10-28)26(39)40/h2-7,16,24H,8-15,17-18H2,1H3,(H,39,40). The van der Waals surface area contributed by atoms with Crippen molar-refractivity contribution in [2.75, 3.05) is 6.54 Å². The van der Waals surface area contributed by atoms with E-state index >= 15 is 0 Å². The number of carbonyl (C=O) groups is 2. The number of likely N-dealkylation sites (tertiary alicyclic amines) is 1. The van der Waals surface area contributed by atoms with Gasteiger partial charge in [0.05, 0.1) is 5.41 Å². The molecule has 4 aliphatic carbocycles. The second kappa shape index (κ2) is 8.94. The molecule has 1 heterocycles. The number of aliphatic carboxylic acids is 1. The maximum Gasteiger partial charge on any atom is 0.426 e. The number of benzene rings is 2. The van der Waals surface area contributed by atoms with Gasteiger partial charge in [0.15, 0.2) is 0 Å². The van der Waals surface area contributed by atoms with Crippen molar-refractivity contribution in [2.24, 2.45) is 10.8 Å². The molecule has 4 nitrogen and oxygen atoms in total. The Kier molecular flexibility index (Phi) is 6.16. The van der Waals surface area contributed by atoms with Crippen LogP contribution in [0.25, 0.3) is 0 Å². The van der Waals surface area contributed by atoms with Crippen LogP contribution in [0.4, 0.5) is 17.6 Å². The van der Waals surface area contributed by atoms with Crippen LogP contribution in [0.2, 0.25) is 5.02 Å². The van der Waals surface area contributed by atoms with Crippen molar-refractivity contribution in [3.63, 3.8) is 0 Å². The molecule has 1 amide bonds. The summed E-state index contributed by atoms with van der Waals surface area (Å²) >= 11 is 6.11. The second-order valence-corrected chi connectivity index (χ2v) is 13.1. The molecule has 40 heavy (non-hydrogen) atoms. The Labute approximate surface area is 235 Å². The van der Waals surface area contributed by atoms with E-state index in [-0.39, 0.29) is 11.9 Å². The third-order valence-corrected chi connectivity index (χ3v) is 11.0. The van der Waals surface area contributed by atoms with Gasteiger partial charge < -0.3 is 10.0 Å². The molecule has 2 aromatic carbocycles. The molecular weight excluding hydrogens is 546 g/mol. The van der Waals surface area contributed by atoms with Crippen LogP contribution in [0.3, 0.4) is 0 Å². The van der Waals surface area contributed by atoms with Gasteiger partial charge in [0, 0.05) is 28.4 Å². The van der Waals surface area contributed by atoms with Crippen LogP contribution in [0.5, 0.6) is 0 Å². The summed E-state index contributed by atoms with van der Waals surface area (Å²) in [7, 11) is 0. The maximum absolute atomic E-state index is 15.0. The molecule has 0 aromatic heterocycles. The normalized spacial score (nSPS) is 32.5. The Morgan fingerprint density at radius 2 is 1.55 bits per heavy atom. The number of halogens is 5. The molecule has 1 aliphatic heterocycles. The minimum absolute atomic E-state index is 0.0350. The predicted octanol–water partition coefficient (Wildman–Crippen LogP) is 7.15. The fourth-order valence-corrected chi connectivity index (χ4v) is 8.24.